The molecule has 1 heterocycles. The van der Waals surface area contributed by atoms with Gasteiger partial charge in [-0.05, 0) is 26.8 Å². The van der Waals surface area contributed by atoms with Crippen molar-refractivity contribution in [1.29, 1.82) is 0 Å². The summed E-state index contributed by atoms with van der Waals surface area (Å²) < 4.78 is 5.86. The normalized spacial score (nSPS) is 22.6. The first kappa shape index (κ1) is 14.9. The van der Waals surface area contributed by atoms with Gasteiger partial charge in [0.15, 0.2) is 0 Å². The Balaban J connectivity index is 2.37. The average Bonchev–Trinajstić information content (AvgIpc) is 2.30. The smallest absolute Gasteiger partial charge is 0.0829 e. The molecule has 0 bridgehead atoms. The molecule has 0 saturated carbocycles. The van der Waals surface area contributed by atoms with Crippen LogP contribution in [0.25, 0.3) is 0 Å². The Hall–Kier alpha value is -0.160. The zero-order valence-corrected chi connectivity index (χ0v) is 11.7. The summed E-state index contributed by atoms with van der Waals surface area (Å²) in [7, 11) is 0. The van der Waals surface area contributed by atoms with E-state index in [-0.39, 0.29) is 0 Å². The van der Waals surface area contributed by atoms with Crippen LogP contribution in [0.3, 0.4) is 0 Å². The van der Waals surface area contributed by atoms with Crippen LogP contribution in [-0.2, 0) is 4.74 Å². The molecule has 0 radical (unpaired) electrons. The fourth-order valence-corrected chi connectivity index (χ4v) is 2.40. The predicted molar refractivity (Wildman–Crippen MR) is 72.2 cm³/mol. The number of hydrogen-bond acceptors (Lipinski definition) is 4. The molecular formula is C13H29N3O. The number of morpholine rings is 1. The lowest BCUT2D eigenvalue weighted by atomic mass is 10.2. The van der Waals surface area contributed by atoms with Crippen molar-refractivity contribution in [2.24, 2.45) is 5.73 Å². The Morgan fingerprint density at radius 2 is 2.18 bits per heavy atom. The highest BCUT2D eigenvalue weighted by atomic mass is 16.5. The number of hydrogen-bond donors (Lipinski definition) is 1. The minimum absolute atomic E-state index is 0.351. The van der Waals surface area contributed by atoms with E-state index in [0.717, 1.165) is 45.9 Å². The SMILES string of the molecule is CCCN(CCN)CC1CN(C(C)C)CCO1. The van der Waals surface area contributed by atoms with Crippen molar-refractivity contribution in [3.8, 4) is 0 Å². The Kier molecular flexibility index (Phi) is 7.04. The van der Waals surface area contributed by atoms with Crippen LogP contribution in [0, 0.1) is 0 Å². The van der Waals surface area contributed by atoms with Gasteiger partial charge in [-0.15, -0.1) is 0 Å². The molecule has 1 unspecified atom stereocenters. The lowest BCUT2D eigenvalue weighted by molar-refractivity contribution is -0.0518. The van der Waals surface area contributed by atoms with E-state index in [0.29, 0.717) is 12.1 Å². The van der Waals surface area contributed by atoms with Gasteiger partial charge in [-0.25, -0.2) is 0 Å². The van der Waals surface area contributed by atoms with Crippen LogP contribution in [-0.4, -0.2) is 67.8 Å². The van der Waals surface area contributed by atoms with Gasteiger partial charge in [0.05, 0.1) is 12.7 Å². The maximum Gasteiger partial charge on any atom is 0.0829 e. The Bertz CT molecular complexity index is 193. The van der Waals surface area contributed by atoms with Gasteiger partial charge in [-0.1, -0.05) is 6.92 Å². The summed E-state index contributed by atoms with van der Waals surface area (Å²) in [4.78, 5) is 4.93. The molecule has 17 heavy (non-hydrogen) atoms. The molecule has 0 aromatic carbocycles. The number of rotatable bonds is 7. The average molecular weight is 243 g/mol. The third-order valence-corrected chi connectivity index (χ3v) is 3.35. The first-order chi connectivity index (χ1) is 8.17. The second-order valence-electron chi connectivity index (χ2n) is 5.17. The second-order valence-corrected chi connectivity index (χ2v) is 5.17. The van der Waals surface area contributed by atoms with Gasteiger partial charge >= 0.3 is 0 Å². The van der Waals surface area contributed by atoms with Crippen molar-refractivity contribution in [2.75, 3.05) is 45.9 Å². The van der Waals surface area contributed by atoms with E-state index < -0.39 is 0 Å². The lowest BCUT2D eigenvalue weighted by Crippen LogP contribution is -2.50. The number of nitrogens with zero attached hydrogens (tertiary/aromatic N) is 2. The van der Waals surface area contributed by atoms with E-state index in [9.17, 15) is 0 Å². The maximum atomic E-state index is 5.86. The molecule has 1 saturated heterocycles. The fraction of sp³-hybridized carbons (Fsp3) is 1.00. The van der Waals surface area contributed by atoms with E-state index in [1.54, 1.807) is 0 Å². The first-order valence-corrected chi connectivity index (χ1v) is 6.95. The highest BCUT2D eigenvalue weighted by Gasteiger charge is 2.23. The Labute approximate surface area is 106 Å². The van der Waals surface area contributed by atoms with Crippen LogP contribution >= 0.6 is 0 Å². The van der Waals surface area contributed by atoms with Crippen LogP contribution < -0.4 is 5.73 Å². The predicted octanol–water partition coefficient (Wildman–Crippen LogP) is 0.766. The largest absolute Gasteiger partial charge is 0.374 e. The minimum Gasteiger partial charge on any atom is -0.374 e. The zero-order valence-electron chi connectivity index (χ0n) is 11.7. The van der Waals surface area contributed by atoms with Gasteiger partial charge in [0.1, 0.15) is 0 Å². The summed E-state index contributed by atoms with van der Waals surface area (Å²) in [6.45, 7) is 13.6. The zero-order chi connectivity index (χ0) is 12.7. The van der Waals surface area contributed by atoms with Gasteiger partial charge in [0.2, 0.25) is 0 Å². The highest BCUT2D eigenvalue weighted by Crippen LogP contribution is 2.10. The van der Waals surface area contributed by atoms with E-state index in [1.807, 2.05) is 0 Å². The molecule has 4 nitrogen and oxygen atoms in total. The van der Waals surface area contributed by atoms with Crippen molar-refractivity contribution in [3.05, 3.63) is 0 Å². The summed E-state index contributed by atoms with van der Waals surface area (Å²) >= 11 is 0. The summed E-state index contributed by atoms with van der Waals surface area (Å²) in [5, 5.41) is 0. The van der Waals surface area contributed by atoms with Crippen LogP contribution in [0.15, 0.2) is 0 Å². The number of ether oxygens (including phenoxy) is 1. The van der Waals surface area contributed by atoms with Gasteiger partial charge < -0.3 is 10.5 Å². The van der Waals surface area contributed by atoms with E-state index in [4.69, 9.17) is 10.5 Å². The monoisotopic (exact) mass is 243 g/mol. The van der Waals surface area contributed by atoms with Crippen LogP contribution in [0.1, 0.15) is 27.2 Å². The topological polar surface area (TPSA) is 41.7 Å². The second kappa shape index (κ2) is 8.03. The first-order valence-electron chi connectivity index (χ1n) is 6.95. The molecule has 0 spiro atoms. The lowest BCUT2D eigenvalue weighted by Gasteiger charge is -2.37. The Morgan fingerprint density at radius 3 is 2.76 bits per heavy atom. The molecule has 0 aliphatic carbocycles. The van der Waals surface area contributed by atoms with Gasteiger partial charge in [0.25, 0.3) is 0 Å². The van der Waals surface area contributed by atoms with Gasteiger partial charge in [-0.2, -0.15) is 0 Å². The summed E-state index contributed by atoms with van der Waals surface area (Å²) in [5.41, 5.74) is 5.65. The van der Waals surface area contributed by atoms with E-state index >= 15 is 0 Å². The summed E-state index contributed by atoms with van der Waals surface area (Å²) in [6, 6.07) is 0.621. The van der Waals surface area contributed by atoms with Crippen molar-refractivity contribution < 1.29 is 4.74 Å². The van der Waals surface area contributed by atoms with E-state index in [2.05, 4.69) is 30.6 Å². The van der Waals surface area contributed by atoms with Crippen molar-refractivity contribution in [3.63, 3.8) is 0 Å². The Morgan fingerprint density at radius 1 is 1.41 bits per heavy atom. The third-order valence-electron chi connectivity index (χ3n) is 3.35. The molecule has 1 aliphatic heterocycles. The van der Waals surface area contributed by atoms with Crippen LogP contribution in [0.2, 0.25) is 0 Å². The molecule has 1 fully saturated rings. The molecule has 0 amide bonds. The van der Waals surface area contributed by atoms with Crippen molar-refractivity contribution >= 4 is 0 Å². The molecule has 4 heteroatoms. The molecule has 1 atom stereocenters. The van der Waals surface area contributed by atoms with Gasteiger partial charge in [0, 0.05) is 38.8 Å². The standard InChI is InChI=1S/C13H29N3O/c1-4-6-15(7-5-14)10-13-11-16(12(2)3)8-9-17-13/h12-13H,4-11,14H2,1-3H3. The third kappa shape index (κ3) is 5.34. The summed E-state index contributed by atoms with van der Waals surface area (Å²) in [5.74, 6) is 0. The molecule has 0 aromatic rings. The quantitative estimate of drug-likeness (QED) is 0.717. The molecular weight excluding hydrogens is 214 g/mol. The van der Waals surface area contributed by atoms with Crippen LogP contribution in [0.4, 0.5) is 0 Å². The summed E-state index contributed by atoms with van der Waals surface area (Å²) in [6.07, 6.45) is 1.53. The van der Waals surface area contributed by atoms with Crippen LogP contribution in [0.5, 0.6) is 0 Å². The molecule has 1 rings (SSSR count). The highest BCUT2D eigenvalue weighted by molar-refractivity contribution is 4.77. The fourth-order valence-electron chi connectivity index (χ4n) is 2.40. The molecule has 0 aromatic heterocycles. The van der Waals surface area contributed by atoms with E-state index in [1.165, 1.54) is 6.42 Å². The number of nitrogens with two attached hydrogens (primary N) is 1. The van der Waals surface area contributed by atoms with Crippen molar-refractivity contribution in [1.82, 2.24) is 9.80 Å². The van der Waals surface area contributed by atoms with Crippen molar-refractivity contribution in [2.45, 2.75) is 39.3 Å². The molecule has 2 N–H and O–H groups in total. The molecule has 1 aliphatic rings. The minimum atomic E-state index is 0.351. The maximum absolute atomic E-state index is 5.86. The van der Waals surface area contributed by atoms with Gasteiger partial charge in [-0.3, -0.25) is 9.80 Å². The molecule has 102 valence electrons.